The van der Waals surface area contributed by atoms with E-state index in [9.17, 15) is 0 Å². The third kappa shape index (κ3) is 1.38. The highest BCUT2D eigenvalue weighted by Crippen LogP contribution is 2.13. The quantitative estimate of drug-likeness (QED) is 0.293. The summed E-state index contributed by atoms with van der Waals surface area (Å²) < 4.78 is 4.10. The van der Waals surface area contributed by atoms with Gasteiger partial charge >= 0.3 is 5.88 Å². The molecule has 0 bridgehead atoms. The summed E-state index contributed by atoms with van der Waals surface area (Å²) in [7, 11) is 0. The Hall–Kier alpha value is -1.34. The Bertz CT molecular complexity index is 271. The molecule has 0 aliphatic carbocycles. The van der Waals surface area contributed by atoms with E-state index in [1.165, 1.54) is 0 Å². The van der Waals surface area contributed by atoms with Crippen molar-refractivity contribution in [2.24, 2.45) is 5.16 Å². The minimum absolute atomic E-state index is 0.184. The number of hydrogen-bond acceptors (Lipinski definition) is 7. The maximum Gasteiger partial charge on any atom is 0.326 e. The predicted octanol–water partition coefficient (Wildman–Crippen LogP) is 0.296. The standard InChI is InChI=1S/C3H2ClN3O4/c4-2(5-8)1-3(10-9)7-11-6-1/h8-9H/b5-2-. The fourth-order valence-electron chi connectivity index (χ4n) is 0.414. The van der Waals surface area contributed by atoms with Gasteiger partial charge in [-0.05, 0) is 10.3 Å². The number of nitrogens with zero attached hydrogens (tertiary/aromatic N) is 3. The van der Waals surface area contributed by atoms with Gasteiger partial charge in [0.2, 0.25) is 10.9 Å². The van der Waals surface area contributed by atoms with Crippen molar-refractivity contribution in [3.8, 4) is 5.88 Å². The van der Waals surface area contributed by atoms with Crippen LogP contribution in [-0.4, -0.2) is 25.9 Å². The van der Waals surface area contributed by atoms with E-state index in [0.29, 0.717) is 0 Å². The van der Waals surface area contributed by atoms with Gasteiger partial charge in [0.05, 0.1) is 0 Å². The van der Waals surface area contributed by atoms with Crippen molar-refractivity contribution in [1.29, 1.82) is 0 Å². The van der Waals surface area contributed by atoms with Crippen LogP contribution >= 0.6 is 11.6 Å². The number of aromatic nitrogens is 2. The van der Waals surface area contributed by atoms with E-state index in [0.717, 1.165) is 0 Å². The Labute approximate surface area is 64.7 Å². The van der Waals surface area contributed by atoms with E-state index in [1.807, 2.05) is 0 Å². The van der Waals surface area contributed by atoms with Gasteiger partial charge in [-0.2, -0.15) is 0 Å². The largest absolute Gasteiger partial charge is 0.410 e. The van der Waals surface area contributed by atoms with Gasteiger partial charge in [0.25, 0.3) is 0 Å². The molecule has 2 N–H and O–H groups in total. The van der Waals surface area contributed by atoms with Gasteiger partial charge in [0, 0.05) is 0 Å². The second kappa shape index (κ2) is 3.17. The minimum atomic E-state index is -0.393. The average Bonchev–Trinajstić information content (AvgIpc) is 2.50. The molecule has 0 saturated heterocycles. The number of hydrogen-bond donors (Lipinski definition) is 2. The van der Waals surface area contributed by atoms with Crippen molar-refractivity contribution in [3.05, 3.63) is 5.69 Å². The first-order valence-electron chi connectivity index (χ1n) is 2.31. The summed E-state index contributed by atoms with van der Waals surface area (Å²) in [4.78, 5) is 3.66. The third-order valence-corrected chi connectivity index (χ3v) is 1.08. The van der Waals surface area contributed by atoms with Gasteiger partial charge in [-0.25, -0.2) is 9.89 Å². The van der Waals surface area contributed by atoms with E-state index >= 15 is 0 Å². The van der Waals surface area contributed by atoms with Crippen molar-refractivity contribution in [2.45, 2.75) is 0 Å². The molecule has 1 heterocycles. The molecule has 0 amide bonds. The van der Waals surface area contributed by atoms with Crippen LogP contribution in [0.4, 0.5) is 0 Å². The molecule has 60 valence electrons. The Morgan fingerprint density at radius 3 is 2.91 bits per heavy atom. The third-order valence-electron chi connectivity index (χ3n) is 0.828. The second-order valence-corrected chi connectivity index (χ2v) is 1.76. The lowest BCUT2D eigenvalue weighted by atomic mass is 10.5. The van der Waals surface area contributed by atoms with Gasteiger partial charge in [-0.15, -0.1) is 0 Å². The smallest absolute Gasteiger partial charge is 0.326 e. The zero-order valence-electron chi connectivity index (χ0n) is 4.93. The topological polar surface area (TPSA) is 101 Å². The Morgan fingerprint density at radius 2 is 2.36 bits per heavy atom. The monoisotopic (exact) mass is 179 g/mol. The maximum absolute atomic E-state index is 8.14. The van der Waals surface area contributed by atoms with Gasteiger partial charge in [-0.3, -0.25) is 0 Å². The van der Waals surface area contributed by atoms with Crippen LogP contribution in [0.2, 0.25) is 0 Å². The molecule has 0 aromatic carbocycles. The highest BCUT2D eigenvalue weighted by molar-refractivity contribution is 6.69. The Balaban J connectivity index is 3.02. The van der Waals surface area contributed by atoms with Crippen LogP contribution in [0.5, 0.6) is 5.88 Å². The zero-order valence-corrected chi connectivity index (χ0v) is 5.69. The van der Waals surface area contributed by atoms with Crippen LogP contribution in [0.1, 0.15) is 5.69 Å². The van der Waals surface area contributed by atoms with Gasteiger partial charge in [0.1, 0.15) is 0 Å². The van der Waals surface area contributed by atoms with Crippen LogP contribution < -0.4 is 4.89 Å². The summed E-state index contributed by atoms with van der Waals surface area (Å²) in [6.07, 6.45) is 0. The Kier molecular flexibility index (Phi) is 2.24. The number of oxime groups is 1. The highest BCUT2D eigenvalue weighted by Gasteiger charge is 2.16. The van der Waals surface area contributed by atoms with E-state index in [2.05, 4.69) is 25.0 Å². The van der Waals surface area contributed by atoms with Crippen LogP contribution in [0, 0.1) is 0 Å². The van der Waals surface area contributed by atoms with Crippen LogP contribution in [-0.2, 0) is 0 Å². The molecule has 0 aliphatic heterocycles. The summed E-state index contributed by atoms with van der Waals surface area (Å²) in [6.45, 7) is 0. The fourth-order valence-corrected chi connectivity index (χ4v) is 0.529. The minimum Gasteiger partial charge on any atom is -0.410 e. The molecule has 0 unspecified atom stereocenters. The summed E-state index contributed by atoms with van der Waals surface area (Å²) in [5.41, 5.74) is -0.184. The number of halogens is 1. The first-order chi connectivity index (χ1) is 5.29. The molecule has 1 rings (SSSR count). The predicted molar refractivity (Wildman–Crippen MR) is 31.7 cm³/mol. The molecule has 0 saturated carbocycles. The van der Waals surface area contributed by atoms with Crippen LogP contribution in [0.3, 0.4) is 0 Å². The van der Waals surface area contributed by atoms with Crippen molar-refractivity contribution in [2.75, 3.05) is 0 Å². The summed E-state index contributed by atoms with van der Waals surface area (Å²) in [6, 6.07) is 0. The molecule has 0 aliphatic rings. The van der Waals surface area contributed by atoms with E-state index in [-0.39, 0.29) is 11.6 Å². The summed E-state index contributed by atoms with van der Waals surface area (Å²) in [5.74, 6) is -0.368. The SMILES string of the molecule is O/N=C(\Cl)c1nonc1OO. The lowest BCUT2D eigenvalue weighted by Crippen LogP contribution is -1.95. The van der Waals surface area contributed by atoms with Crippen LogP contribution in [0.25, 0.3) is 0 Å². The molecule has 8 heteroatoms. The van der Waals surface area contributed by atoms with E-state index < -0.39 is 5.17 Å². The van der Waals surface area contributed by atoms with Crippen molar-refractivity contribution >= 4 is 16.8 Å². The molecule has 11 heavy (non-hydrogen) atoms. The zero-order chi connectivity index (χ0) is 8.27. The molecule has 0 fully saturated rings. The molecule has 7 nitrogen and oxygen atoms in total. The Morgan fingerprint density at radius 1 is 1.64 bits per heavy atom. The normalized spacial score (nSPS) is 11.6. The first-order valence-corrected chi connectivity index (χ1v) is 2.69. The first kappa shape index (κ1) is 7.76. The molecule has 0 atom stereocenters. The summed E-state index contributed by atoms with van der Waals surface area (Å²) >= 11 is 5.26. The molecule has 0 spiro atoms. The molecule has 1 aromatic heterocycles. The molecular formula is C3H2ClN3O4. The van der Waals surface area contributed by atoms with Gasteiger partial charge in [0.15, 0.2) is 0 Å². The second-order valence-electron chi connectivity index (χ2n) is 1.40. The highest BCUT2D eigenvalue weighted by atomic mass is 35.5. The van der Waals surface area contributed by atoms with Gasteiger partial charge < -0.3 is 10.1 Å². The molecule has 1 aromatic rings. The van der Waals surface area contributed by atoms with E-state index in [4.69, 9.17) is 22.1 Å². The fraction of sp³-hybridized carbons (Fsp3) is 0. The summed E-state index contributed by atoms with van der Waals surface area (Å²) in [5, 5.41) is 24.6. The average molecular weight is 180 g/mol. The maximum atomic E-state index is 8.14. The lowest BCUT2D eigenvalue weighted by molar-refractivity contribution is -0.143. The van der Waals surface area contributed by atoms with Crippen molar-refractivity contribution in [3.63, 3.8) is 0 Å². The number of rotatable bonds is 2. The molecular weight excluding hydrogens is 178 g/mol. The van der Waals surface area contributed by atoms with E-state index in [1.54, 1.807) is 0 Å². The van der Waals surface area contributed by atoms with Crippen molar-refractivity contribution in [1.82, 2.24) is 10.3 Å². The van der Waals surface area contributed by atoms with Gasteiger partial charge in [-0.1, -0.05) is 16.8 Å². The van der Waals surface area contributed by atoms with Crippen LogP contribution in [0.15, 0.2) is 9.78 Å². The lowest BCUT2D eigenvalue weighted by Gasteiger charge is -1.88. The molecule has 0 radical (unpaired) electrons. The van der Waals surface area contributed by atoms with Crippen molar-refractivity contribution < 1.29 is 20.0 Å².